The van der Waals surface area contributed by atoms with E-state index in [0.717, 1.165) is 11.1 Å². The molecule has 5 N–H and O–H groups in total. The van der Waals surface area contributed by atoms with Gasteiger partial charge in [-0.05, 0) is 78.8 Å². The van der Waals surface area contributed by atoms with Crippen molar-refractivity contribution >= 4 is 29.4 Å². The number of carbonyl (C=O) groups excluding carboxylic acids is 3. The summed E-state index contributed by atoms with van der Waals surface area (Å²) in [5.74, 6) is -1.46. The molecule has 4 rings (SSSR count). The maximum atomic E-state index is 13.1. The Kier molecular flexibility index (Phi) is 9.86. The normalized spacial score (nSPS) is 14.9. The number of aliphatic carboxylic acids is 1. The van der Waals surface area contributed by atoms with Crippen molar-refractivity contribution in [1.82, 2.24) is 10.6 Å². The first kappa shape index (κ1) is 29.5. The fourth-order valence-electron chi connectivity index (χ4n) is 5.05. The summed E-state index contributed by atoms with van der Waals surface area (Å²) in [4.78, 5) is 47.9. The van der Waals surface area contributed by atoms with Crippen LogP contribution < -0.4 is 16.0 Å². The summed E-state index contributed by atoms with van der Waals surface area (Å²) in [6.45, 7) is 1.06. The minimum absolute atomic E-state index is 0.0621. The first-order chi connectivity index (χ1) is 19.7. The highest BCUT2D eigenvalue weighted by molar-refractivity contribution is 5.96. The lowest BCUT2D eigenvalue weighted by Crippen LogP contribution is -2.36. The van der Waals surface area contributed by atoms with Gasteiger partial charge in [-0.2, -0.15) is 0 Å². The maximum absolute atomic E-state index is 13.1. The third-order valence-corrected chi connectivity index (χ3v) is 7.42. The number of hydrogen-bond acceptors (Lipinski definition) is 5. The van der Waals surface area contributed by atoms with Crippen LogP contribution in [0.2, 0.25) is 0 Å². The number of aliphatic hydroxyl groups excluding tert-OH is 1. The number of benzene rings is 3. The second-order valence-electron chi connectivity index (χ2n) is 10.4. The SMILES string of the molecule is CC(=O)c1ccc(NC(=O)NC(c2ccc(C(=O)NC[C@@H](O)C(=O)O)cc2)c2ccc(C3CCCCC3)cc2)cc1. The van der Waals surface area contributed by atoms with Crippen molar-refractivity contribution in [1.29, 1.82) is 0 Å². The van der Waals surface area contributed by atoms with Crippen LogP contribution in [0, 0.1) is 0 Å². The lowest BCUT2D eigenvalue weighted by atomic mass is 9.83. The predicted octanol–water partition coefficient (Wildman–Crippen LogP) is 5.02. The molecule has 0 aliphatic heterocycles. The zero-order valence-corrected chi connectivity index (χ0v) is 22.9. The summed E-state index contributed by atoms with van der Waals surface area (Å²) >= 11 is 0. The van der Waals surface area contributed by atoms with Crippen molar-refractivity contribution in [3.05, 3.63) is 101 Å². The molecule has 41 heavy (non-hydrogen) atoms. The molecular weight excluding hydrogens is 522 g/mol. The van der Waals surface area contributed by atoms with E-state index in [1.807, 2.05) is 12.1 Å². The Morgan fingerprint density at radius 2 is 1.37 bits per heavy atom. The second kappa shape index (κ2) is 13.7. The number of amides is 3. The Morgan fingerprint density at radius 3 is 1.93 bits per heavy atom. The zero-order valence-electron chi connectivity index (χ0n) is 22.9. The Balaban J connectivity index is 1.53. The van der Waals surface area contributed by atoms with Crippen LogP contribution in [0.3, 0.4) is 0 Å². The van der Waals surface area contributed by atoms with Crippen LogP contribution in [-0.4, -0.2) is 46.6 Å². The molecule has 1 fully saturated rings. The molecule has 0 radical (unpaired) electrons. The monoisotopic (exact) mass is 557 g/mol. The van der Waals surface area contributed by atoms with E-state index in [1.165, 1.54) is 44.6 Å². The van der Waals surface area contributed by atoms with Crippen molar-refractivity contribution in [2.24, 2.45) is 0 Å². The van der Waals surface area contributed by atoms with Gasteiger partial charge in [0, 0.05) is 16.8 Å². The fraction of sp³-hybridized carbons (Fsp3) is 0.312. The topological polar surface area (TPSA) is 145 Å². The summed E-state index contributed by atoms with van der Waals surface area (Å²) in [6.07, 6.45) is 4.41. The van der Waals surface area contributed by atoms with E-state index in [-0.39, 0.29) is 11.3 Å². The molecule has 0 bridgehead atoms. The summed E-state index contributed by atoms with van der Waals surface area (Å²) in [5, 5.41) is 26.5. The number of nitrogens with one attached hydrogen (secondary N) is 3. The van der Waals surface area contributed by atoms with Gasteiger partial charge < -0.3 is 26.2 Å². The summed E-state index contributed by atoms with van der Waals surface area (Å²) in [6, 6.07) is 20.6. The molecule has 1 saturated carbocycles. The highest BCUT2D eigenvalue weighted by atomic mass is 16.4. The number of ketones is 1. The number of aliphatic hydroxyl groups is 1. The largest absolute Gasteiger partial charge is 0.479 e. The molecule has 2 atom stereocenters. The Morgan fingerprint density at radius 1 is 0.805 bits per heavy atom. The van der Waals surface area contributed by atoms with E-state index in [4.69, 9.17) is 5.11 Å². The molecule has 3 aromatic carbocycles. The van der Waals surface area contributed by atoms with E-state index < -0.39 is 36.6 Å². The van der Waals surface area contributed by atoms with E-state index in [9.17, 15) is 24.3 Å². The minimum atomic E-state index is -1.69. The van der Waals surface area contributed by atoms with Gasteiger partial charge in [-0.15, -0.1) is 0 Å². The summed E-state index contributed by atoms with van der Waals surface area (Å²) in [7, 11) is 0. The van der Waals surface area contributed by atoms with E-state index in [0.29, 0.717) is 17.2 Å². The van der Waals surface area contributed by atoms with Crippen LogP contribution in [0.4, 0.5) is 10.5 Å². The molecule has 214 valence electrons. The number of carbonyl (C=O) groups is 4. The Labute approximate surface area is 239 Å². The third kappa shape index (κ3) is 8.02. The average molecular weight is 558 g/mol. The van der Waals surface area contributed by atoms with Gasteiger partial charge in [0.1, 0.15) is 0 Å². The van der Waals surface area contributed by atoms with Gasteiger partial charge in [0.2, 0.25) is 0 Å². The van der Waals surface area contributed by atoms with Crippen LogP contribution in [0.1, 0.15) is 88.4 Å². The molecule has 0 heterocycles. The van der Waals surface area contributed by atoms with Crippen molar-refractivity contribution in [3.63, 3.8) is 0 Å². The van der Waals surface area contributed by atoms with Crippen LogP contribution in [-0.2, 0) is 4.79 Å². The van der Waals surface area contributed by atoms with Crippen LogP contribution in [0.15, 0.2) is 72.8 Å². The zero-order chi connectivity index (χ0) is 29.4. The molecule has 9 nitrogen and oxygen atoms in total. The van der Waals surface area contributed by atoms with E-state index in [2.05, 4.69) is 28.1 Å². The molecule has 1 aliphatic rings. The number of hydrogen-bond donors (Lipinski definition) is 5. The van der Waals surface area contributed by atoms with Crippen molar-refractivity contribution in [2.45, 2.75) is 57.1 Å². The van der Waals surface area contributed by atoms with Gasteiger partial charge in [-0.25, -0.2) is 9.59 Å². The Hall–Kier alpha value is -4.50. The van der Waals surface area contributed by atoms with Crippen LogP contribution in [0.25, 0.3) is 0 Å². The van der Waals surface area contributed by atoms with Gasteiger partial charge >= 0.3 is 12.0 Å². The average Bonchev–Trinajstić information content (AvgIpc) is 2.99. The standard InChI is InChI=1S/C32H35N3O6/c1-20(36)21-15-17-27(18-16-21)34-32(41)35-29(24-9-7-23(8-10-24)22-5-3-2-4-6-22)25-11-13-26(14-12-25)30(38)33-19-28(37)31(39)40/h7-18,22,28-29,37H,2-6,19H2,1H3,(H,33,38)(H,39,40)(H2,34,35,41)/t28-,29?/m1/s1. The number of anilines is 1. The molecule has 0 aromatic heterocycles. The highest BCUT2D eigenvalue weighted by Crippen LogP contribution is 2.33. The number of carboxylic acids is 1. The molecule has 9 heteroatoms. The third-order valence-electron chi connectivity index (χ3n) is 7.42. The highest BCUT2D eigenvalue weighted by Gasteiger charge is 2.21. The lowest BCUT2D eigenvalue weighted by Gasteiger charge is -2.24. The van der Waals surface area contributed by atoms with Gasteiger partial charge in [-0.1, -0.05) is 55.7 Å². The quantitative estimate of drug-likeness (QED) is 0.221. The Bertz CT molecular complexity index is 1360. The van der Waals surface area contributed by atoms with Crippen LogP contribution >= 0.6 is 0 Å². The van der Waals surface area contributed by atoms with Crippen molar-refractivity contribution in [3.8, 4) is 0 Å². The van der Waals surface area contributed by atoms with Crippen molar-refractivity contribution in [2.75, 3.05) is 11.9 Å². The van der Waals surface area contributed by atoms with Gasteiger partial charge in [-0.3, -0.25) is 9.59 Å². The summed E-state index contributed by atoms with van der Waals surface area (Å²) in [5.41, 5.74) is 4.27. The first-order valence-corrected chi connectivity index (χ1v) is 13.8. The minimum Gasteiger partial charge on any atom is -0.479 e. The molecule has 3 aromatic rings. The number of rotatable bonds is 10. The van der Waals surface area contributed by atoms with E-state index in [1.54, 1.807) is 48.5 Å². The predicted molar refractivity (Wildman–Crippen MR) is 155 cm³/mol. The molecule has 3 amide bonds. The first-order valence-electron chi connectivity index (χ1n) is 13.8. The van der Waals surface area contributed by atoms with Crippen molar-refractivity contribution < 1.29 is 29.4 Å². The van der Waals surface area contributed by atoms with Gasteiger partial charge in [0.25, 0.3) is 5.91 Å². The van der Waals surface area contributed by atoms with Gasteiger partial charge in [0.15, 0.2) is 11.9 Å². The molecular formula is C32H35N3O6. The number of carboxylic acid groups (broad SMARTS) is 1. The second-order valence-corrected chi connectivity index (χ2v) is 10.4. The molecule has 0 saturated heterocycles. The smallest absolute Gasteiger partial charge is 0.334 e. The van der Waals surface area contributed by atoms with Gasteiger partial charge in [0.05, 0.1) is 12.6 Å². The number of urea groups is 1. The maximum Gasteiger partial charge on any atom is 0.334 e. The molecule has 0 spiro atoms. The summed E-state index contributed by atoms with van der Waals surface area (Å²) < 4.78 is 0. The van der Waals surface area contributed by atoms with Crippen LogP contribution in [0.5, 0.6) is 0 Å². The number of Topliss-reactive ketones (excluding diaryl/α,β-unsaturated/α-hetero) is 1. The lowest BCUT2D eigenvalue weighted by molar-refractivity contribution is -0.146. The fourth-order valence-corrected chi connectivity index (χ4v) is 5.05. The molecule has 1 aliphatic carbocycles. The molecule has 1 unspecified atom stereocenters. The van der Waals surface area contributed by atoms with E-state index >= 15 is 0 Å².